The summed E-state index contributed by atoms with van der Waals surface area (Å²) in [6.45, 7) is 5.42. The number of hydrogen-bond donors (Lipinski definition) is 2. The number of unbranched alkanes of at least 4 members (excludes halogenated alkanes) is 1. The fraction of sp³-hybridized carbons (Fsp3) is 0.615. The highest BCUT2D eigenvalue weighted by Crippen LogP contribution is 2.16. The van der Waals surface area contributed by atoms with Crippen molar-refractivity contribution in [1.82, 2.24) is 5.32 Å². The van der Waals surface area contributed by atoms with Crippen molar-refractivity contribution in [2.24, 2.45) is 5.73 Å². The largest absolute Gasteiger partial charge is 0.379 e. The van der Waals surface area contributed by atoms with Gasteiger partial charge >= 0.3 is 0 Å². The van der Waals surface area contributed by atoms with Gasteiger partial charge in [-0.15, -0.1) is 11.3 Å². The van der Waals surface area contributed by atoms with Crippen LogP contribution >= 0.6 is 11.3 Å². The van der Waals surface area contributed by atoms with Crippen LogP contribution in [0.4, 0.5) is 0 Å². The zero-order chi connectivity index (χ0) is 13.4. The van der Waals surface area contributed by atoms with Crippen LogP contribution in [0.15, 0.2) is 17.5 Å². The van der Waals surface area contributed by atoms with Crippen molar-refractivity contribution < 1.29 is 9.53 Å². The SMILES string of the molecule is CC(C)OCCCCNC(=O)C(N)c1cccs1. The first-order valence-electron chi connectivity index (χ1n) is 6.29. The summed E-state index contributed by atoms with van der Waals surface area (Å²) in [5.41, 5.74) is 5.84. The number of nitrogens with one attached hydrogen (secondary N) is 1. The Morgan fingerprint density at radius 1 is 1.50 bits per heavy atom. The zero-order valence-electron chi connectivity index (χ0n) is 11.0. The Morgan fingerprint density at radius 2 is 2.28 bits per heavy atom. The summed E-state index contributed by atoms with van der Waals surface area (Å²) in [4.78, 5) is 12.6. The van der Waals surface area contributed by atoms with Gasteiger partial charge in [-0.2, -0.15) is 0 Å². The molecule has 1 amide bonds. The van der Waals surface area contributed by atoms with E-state index in [-0.39, 0.29) is 12.0 Å². The molecule has 102 valence electrons. The predicted molar refractivity (Wildman–Crippen MR) is 74.6 cm³/mol. The first kappa shape index (κ1) is 15.1. The van der Waals surface area contributed by atoms with Gasteiger partial charge in [0.05, 0.1) is 6.10 Å². The number of carbonyl (C=O) groups is 1. The molecular weight excluding hydrogens is 248 g/mol. The lowest BCUT2D eigenvalue weighted by molar-refractivity contribution is -0.122. The van der Waals surface area contributed by atoms with Gasteiger partial charge in [-0.25, -0.2) is 0 Å². The van der Waals surface area contributed by atoms with Crippen LogP contribution in [0.1, 0.15) is 37.6 Å². The van der Waals surface area contributed by atoms with Crippen molar-refractivity contribution in [1.29, 1.82) is 0 Å². The summed E-state index contributed by atoms with van der Waals surface area (Å²) in [5, 5.41) is 4.77. The summed E-state index contributed by atoms with van der Waals surface area (Å²) in [5.74, 6) is -0.109. The molecule has 1 rings (SSSR count). The van der Waals surface area contributed by atoms with Crippen LogP contribution < -0.4 is 11.1 Å². The number of nitrogens with two attached hydrogens (primary N) is 1. The molecule has 5 heteroatoms. The highest BCUT2D eigenvalue weighted by atomic mass is 32.1. The molecule has 0 spiro atoms. The van der Waals surface area contributed by atoms with Crippen molar-refractivity contribution in [2.75, 3.05) is 13.2 Å². The normalized spacial score (nSPS) is 12.7. The number of amides is 1. The molecule has 3 N–H and O–H groups in total. The molecule has 0 fully saturated rings. The molecule has 0 aliphatic carbocycles. The minimum atomic E-state index is -0.545. The minimum absolute atomic E-state index is 0.109. The van der Waals surface area contributed by atoms with Gasteiger partial charge in [-0.1, -0.05) is 6.07 Å². The van der Waals surface area contributed by atoms with Crippen LogP contribution in [-0.2, 0) is 9.53 Å². The molecule has 0 radical (unpaired) electrons. The second kappa shape index (κ2) is 8.24. The van der Waals surface area contributed by atoms with E-state index in [2.05, 4.69) is 5.32 Å². The van der Waals surface area contributed by atoms with Crippen molar-refractivity contribution in [3.8, 4) is 0 Å². The Morgan fingerprint density at radius 3 is 2.89 bits per heavy atom. The molecule has 0 saturated carbocycles. The van der Waals surface area contributed by atoms with E-state index in [1.54, 1.807) is 0 Å². The van der Waals surface area contributed by atoms with Crippen molar-refractivity contribution >= 4 is 17.2 Å². The summed E-state index contributed by atoms with van der Waals surface area (Å²) in [7, 11) is 0. The topological polar surface area (TPSA) is 64.3 Å². The maximum absolute atomic E-state index is 11.7. The van der Waals surface area contributed by atoms with E-state index in [1.807, 2.05) is 31.4 Å². The number of thiophene rings is 1. The summed E-state index contributed by atoms with van der Waals surface area (Å²) < 4.78 is 5.42. The van der Waals surface area contributed by atoms with E-state index >= 15 is 0 Å². The average Bonchev–Trinajstić information content (AvgIpc) is 2.85. The lowest BCUT2D eigenvalue weighted by Crippen LogP contribution is -2.34. The third-order valence-electron chi connectivity index (χ3n) is 2.45. The molecule has 4 nitrogen and oxygen atoms in total. The third kappa shape index (κ3) is 5.62. The number of carbonyl (C=O) groups excluding carboxylic acids is 1. The molecule has 0 bridgehead atoms. The predicted octanol–water partition coefficient (Wildman–Crippen LogP) is 2.07. The highest BCUT2D eigenvalue weighted by molar-refractivity contribution is 7.10. The minimum Gasteiger partial charge on any atom is -0.379 e. The molecule has 0 aromatic carbocycles. The number of hydrogen-bond acceptors (Lipinski definition) is 4. The molecule has 1 aromatic heterocycles. The van der Waals surface area contributed by atoms with Crippen LogP contribution in [0.2, 0.25) is 0 Å². The van der Waals surface area contributed by atoms with Crippen LogP contribution in [0.5, 0.6) is 0 Å². The van der Waals surface area contributed by atoms with Crippen LogP contribution in [-0.4, -0.2) is 25.2 Å². The van der Waals surface area contributed by atoms with Crippen LogP contribution in [0.3, 0.4) is 0 Å². The van der Waals surface area contributed by atoms with Crippen LogP contribution in [0, 0.1) is 0 Å². The molecule has 0 aliphatic rings. The fourth-order valence-electron chi connectivity index (χ4n) is 1.47. The van der Waals surface area contributed by atoms with Gasteiger partial charge in [0.2, 0.25) is 5.91 Å². The molecule has 18 heavy (non-hydrogen) atoms. The van der Waals surface area contributed by atoms with E-state index in [4.69, 9.17) is 10.5 Å². The smallest absolute Gasteiger partial charge is 0.242 e. The van der Waals surface area contributed by atoms with Gasteiger partial charge in [0.1, 0.15) is 6.04 Å². The summed E-state index contributed by atoms with van der Waals surface area (Å²) >= 11 is 1.50. The van der Waals surface area contributed by atoms with E-state index in [1.165, 1.54) is 11.3 Å². The highest BCUT2D eigenvalue weighted by Gasteiger charge is 2.15. The van der Waals surface area contributed by atoms with Crippen molar-refractivity contribution in [3.05, 3.63) is 22.4 Å². The molecule has 0 saturated heterocycles. The third-order valence-corrected chi connectivity index (χ3v) is 3.41. The quantitative estimate of drug-likeness (QED) is 0.711. The van der Waals surface area contributed by atoms with E-state index in [0.717, 1.165) is 24.3 Å². The first-order valence-corrected chi connectivity index (χ1v) is 7.17. The molecule has 0 aliphatic heterocycles. The summed E-state index contributed by atoms with van der Waals surface area (Å²) in [6, 6.07) is 3.24. The Balaban J connectivity index is 2.10. The monoisotopic (exact) mass is 270 g/mol. The van der Waals surface area contributed by atoms with E-state index in [0.29, 0.717) is 6.54 Å². The van der Waals surface area contributed by atoms with Crippen LogP contribution in [0.25, 0.3) is 0 Å². The fourth-order valence-corrected chi connectivity index (χ4v) is 2.19. The maximum Gasteiger partial charge on any atom is 0.242 e. The van der Waals surface area contributed by atoms with Crippen molar-refractivity contribution in [2.45, 2.75) is 38.8 Å². The second-order valence-corrected chi connectivity index (χ2v) is 5.39. The first-order chi connectivity index (χ1) is 8.61. The molecule has 1 unspecified atom stereocenters. The number of ether oxygens (including phenoxy) is 1. The maximum atomic E-state index is 11.7. The van der Waals surface area contributed by atoms with Gasteiger partial charge in [-0.05, 0) is 38.1 Å². The number of rotatable bonds is 8. The second-order valence-electron chi connectivity index (χ2n) is 4.41. The van der Waals surface area contributed by atoms with E-state index < -0.39 is 6.04 Å². The van der Waals surface area contributed by atoms with Gasteiger partial charge < -0.3 is 15.8 Å². The standard InChI is InChI=1S/C13H22N2O2S/c1-10(2)17-8-4-3-7-15-13(16)12(14)11-6-5-9-18-11/h5-6,9-10,12H,3-4,7-8,14H2,1-2H3,(H,15,16). The summed E-state index contributed by atoms with van der Waals surface area (Å²) in [6.07, 6.45) is 2.13. The molecule has 1 aromatic rings. The molecular formula is C13H22N2O2S. The van der Waals surface area contributed by atoms with Crippen molar-refractivity contribution in [3.63, 3.8) is 0 Å². The molecule has 1 atom stereocenters. The average molecular weight is 270 g/mol. The zero-order valence-corrected chi connectivity index (χ0v) is 11.8. The lowest BCUT2D eigenvalue weighted by Gasteiger charge is -2.11. The van der Waals surface area contributed by atoms with Gasteiger partial charge in [-0.3, -0.25) is 4.79 Å². The van der Waals surface area contributed by atoms with Gasteiger partial charge in [0.15, 0.2) is 0 Å². The molecule has 1 heterocycles. The van der Waals surface area contributed by atoms with Gasteiger partial charge in [0.25, 0.3) is 0 Å². The lowest BCUT2D eigenvalue weighted by atomic mass is 10.2. The Labute approximate surface area is 113 Å². The Hall–Kier alpha value is -0.910. The van der Waals surface area contributed by atoms with E-state index in [9.17, 15) is 4.79 Å². The Kier molecular flexibility index (Phi) is 6.93. The van der Waals surface area contributed by atoms with Gasteiger partial charge in [0, 0.05) is 18.0 Å². The Bertz CT molecular complexity index is 339.